The third-order valence-corrected chi connectivity index (χ3v) is 4.15. The summed E-state index contributed by atoms with van der Waals surface area (Å²) in [7, 11) is 0. The normalized spacial score (nSPS) is 12.2. The number of halogens is 1. The van der Waals surface area contributed by atoms with Crippen LogP contribution in [-0.2, 0) is 6.42 Å². The molecule has 0 bridgehead atoms. The van der Waals surface area contributed by atoms with Crippen molar-refractivity contribution in [3.8, 4) is 0 Å². The molecule has 1 unspecified atom stereocenters. The highest BCUT2D eigenvalue weighted by atomic mass is 19.1. The van der Waals surface area contributed by atoms with Crippen molar-refractivity contribution in [3.63, 3.8) is 0 Å². The Balaban J connectivity index is 2.11. The predicted molar refractivity (Wildman–Crippen MR) is 91.9 cm³/mol. The van der Waals surface area contributed by atoms with Crippen molar-refractivity contribution in [2.45, 2.75) is 26.2 Å². The molecule has 3 heteroatoms. The van der Waals surface area contributed by atoms with Gasteiger partial charge in [0, 0.05) is 24.7 Å². The van der Waals surface area contributed by atoms with E-state index in [4.69, 9.17) is 5.73 Å². The van der Waals surface area contributed by atoms with Gasteiger partial charge in [-0.3, -0.25) is 0 Å². The fraction of sp³-hybridized carbons (Fsp3) is 0.368. The molecule has 22 heavy (non-hydrogen) atoms. The number of anilines is 1. The van der Waals surface area contributed by atoms with Crippen molar-refractivity contribution in [3.05, 3.63) is 65.5 Å². The molecule has 0 spiro atoms. The topological polar surface area (TPSA) is 29.3 Å². The van der Waals surface area contributed by atoms with Gasteiger partial charge in [0.05, 0.1) is 0 Å². The van der Waals surface area contributed by atoms with Crippen molar-refractivity contribution in [1.82, 2.24) is 0 Å². The first-order valence-electron chi connectivity index (χ1n) is 7.97. The molecule has 0 radical (unpaired) electrons. The Morgan fingerprint density at radius 1 is 1.05 bits per heavy atom. The van der Waals surface area contributed by atoms with Crippen LogP contribution >= 0.6 is 0 Å². The molecule has 2 N–H and O–H groups in total. The van der Waals surface area contributed by atoms with Crippen LogP contribution in [-0.4, -0.2) is 19.6 Å². The van der Waals surface area contributed by atoms with Crippen molar-refractivity contribution in [1.29, 1.82) is 0 Å². The second kappa shape index (κ2) is 7.95. The highest BCUT2D eigenvalue weighted by Crippen LogP contribution is 2.22. The second-order valence-electron chi connectivity index (χ2n) is 5.53. The zero-order valence-corrected chi connectivity index (χ0v) is 13.4. The summed E-state index contributed by atoms with van der Waals surface area (Å²) in [6.07, 6.45) is 0.832. The van der Waals surface area contributed by atoms with Gasteiger partial charge in [0.15, 0.2) is 0 Å². The molecule has 118 valence electrons. The summed E-state index contributed by atoms with van der Waals surface area (Å²) in [4.78, 5) is 2.32. The number of nitrogens with two attached hydrogens (primary N) is 1. The Bertz CT molecular complexity index is 576. The maximum Gasteiger partial charge on any atom is 0.123 e. The molecule has 0 aromatic heterocycles. The van der Waals surface area contributed by atoms with Gasteiger partial charge in [0.25, 0.3) is 0 Å². The summed E-state index contributed by atoms with van der Waals surface area (Å²) in [5.74, 6) is -0.0529. The number of hydrogen-bond donors (Lipinski definition) is 1. The van der Waals surface area contributed by atoms with Crippen molar-refractivity contribution in [2.24, 2.45) is 5.73 Å². The molecule has 0 heterocycles. The maximum atomic E-state index is 13.4. The Morgan fingerprint density at radius 3 is 2.27 bits per heavy atom. The highest BCUT2D eigenvalue weighted by Gasteiger charge is 2.12. The van der Waals surface area contributed by atoms with E-state index in [1.807, 2.05) is 6.07 Å². The fourth-order valence-corrected chi connectivity index (χ4v) is 2.81. The molecule has 1 atom stereocenters. The lowest BCUT2D eigenvalue weighted by Crippen LogP contribution is -2.21. The van der Waals surface area contributed by atoms with E-state index in [-0.39, 0.29) is 11.7 Å². The average Bonchev–Trinajstić information content (AvgIpc) is 2.55. The van der Waals surface area contributed by atoms with E-state index in [2.05, 4.69) is 43.0 Å². The zero-order chi connectivity index (χ0) is 15.9. The molecular formula is C19H25FN2. The quantitative estimate of drug-likeness (QED) is 0.838. The van der Waals surface area contributed by atoms with Gasteiger partial charge < -0.3 is 10.6 Å². The van der Waals surface area contributed by atoms with Crippen LogP contribution in [0.2, 0.25) is 0 Å². The van der Waals surface area contributed by atoms with Crippen LogP contribution < -0.4 is 10.6 Å². The predicted octanol–water partition coefficient (Wildman–Crippen LogP) is 3.96. The molecule has 0 aliphatic carbocycles. The first kappa shape index (κ1) is 16.5. The Morgan fingerprint density at radius 2 is 1.73 bits per heavy atom. The summed E-state index contributed by atoms with van der Waals surface area (Å²) >= 11 is 0. The molecule has 0 fully saturated rings. The summed E-state index contributed by atoms with van der Waals surface area (Å²) in [5, 5.41) is 0. The molecule has 0 saturated heterocycles. The standard InChI is InChI=1S/C19H25FN2/c1-3-22(4-2)19-10-8-15(9-11-19)12-17(14-21)16-6-5-7-18(20)13-16/h5-11,13,17H,3-4,12,14,21H2,1-2H3. The Kier molecular flexibility index (Phi) is 5.96. The summed E-state index contributed by atoms with van der Waals surface area (Å²) < 4.78 is 13.4. The average molecular weight is 300 g/mol. The lowest BCUT2D eigenvalue weighted by atomic mass is 9.92. The lowest BCUT2D eigenvalue weighted by molar-refractivity contribution is 0.616. The smallest absolute Gasteiger partial charge is 0.123 e. The SMILES string of the molecule is CCN(CC)c1ccc(CC(CN)c2cccc(F)c2)cc1. The molecule has 2 aromatic rings. The van der Waals surface area contributed by atoms with Gasteiger partial charge in [0.1, 0.15) is 5.82 Å². The van der Waals surface area contributed by atoms with E-state index in [9.17, 15) is 4.39 Å². The third-order valence-electron chi connectivity index (χ3n) is 4.15. The van der Waals surface area contributed by atoms with Crippen LogP contribution in [0.5, 0.6) is 0 Å². The highest BCUT2D eigenvalue weighted by molar-refractivity contribution is 5.47. The first-order valence-corrected chi connectivity index (χ1v) is 7.97. The van der Waals surface area contributed by atoms with Gasteiger partial charge in [0.2, 0.25) is 0 Å². The van der Waals surface area contributed by atoms with Crippen LogP contribution in [0.4, 0.5) is 10.1 Å². The van der Waals surface area contributed by atoms with Crippen LogP contribution in [0.15, 0.2) is 48.5 Å². The molecular weight excluding hydrogens is 275 g/mol. The summed E-state index contributed by atoms with van der Waals surface area (Å²) in [6, 6.07) is 15.4. The molecule has 2 aromatic carbocycles. The van der Waals surface area contributed by atoms with Gasteiger partial charge in [-0.1, -0.05) is 24.3 Å². The van der Waals surface area contributed by atoms with E-state index in [1.165, 1.54) is 17.3 Å². The molecule has 2 nitrogen and oxygen atoms in total. The van der Waals surface area contributed by atoms with E-state index < -0.39 is 0 Å². The fourth-order valence-electron chi connectivity index (χ4n) is 2.81. The number of nitrogens with zero attached hydrogens (tertiary/aromatic N) is 1. The molecule has 0 amide bonds. The monoisotopic (exact) mass is 300 g/mol. The lowest BCUT2D eigenvalue weighted by Gasteiger charge is -2.21. The first-order chi connectivity index (χ1) is 10.7. The van der Waals surface area contributed by atoms with Gasteiger partial charge in [-0.15, -0.1) is 0 Å². The minimum atomic E-state index is -0.201. The molecule has 0 aliphatic rings. The third kappa shape index (κ3) is 4.08. The summed E-state index contributed by atoms with van der Waals surface area (Å²) in [6.45, 7) is 6.84. The van der Waals surface area contributed by atoms with E-state index in [0.29, 0.717) is 6.54 Å². The molecule has 0 aliphatic heterocycles. The van der Waals surface area contributed by atoms with Crippen LogP contribution in [0.3, 0.4) is 0 Å². The van der Waals surface area contributed by atoms with E-state index in [0.717, 1.165) is 25.1 Å². The maximum absolute atomic E-state index is 13.4. The number of benzene rings is 2. The molecule has 0 saturated carbocycles. The Labute approximate surface area is 132 Å². The number of rotatable bonds is 7. The second-order valence-corrected chi connectivity index (χ2v) is 5.53. The zero-order valence-electron chi connectivity index (χ0n) is 13.4. The number of hydrogen-bond acceptors (Lipinski definition) is 2. The molecule has 2 rings (SSSR count). The van der Waals surface area contributed by atoms with Crippen molar-refractivity contribution >= 4 is 5.69 Å². The van der Waals surface area contributed by atoms with Gasteiger partial charge in [-0.2, -0.15) is 0 Å². The minimum Gasteiger partial charge on any atom is -0.372 e. The van der Waals surface area contributed by atoms with Crippen LogP contribution in [0.1, 0.15) is 30.9 Å². The van der Waals surface area contributed by atoms with E-state index >= 15 is 0 Å². The largest absolute Gasteiger partial charge is 0.372 e. The van der Waals surface area contributed by atoms with E-state index in [1.54, 1.807) is 12.1 Å². The van der Waals surface area contributed by atoms with Gasteiger partial charge in [-0.05, 0) is 62.2 Å². The van der Waals surface area contributed by atoms with Gasteiger partial charge >= 0.3 is 0 Å². The summed E-state index contributed by atoms with van der Waals surface area (Å²) in [5.41, 5.74) is 9.33. The van der Waals surface area contributed by atoms with Crippen LogP contribution in [0.25, 0.3) is 0 Å². The van der Waals surface area contributed by atoms with Crippen LogP contribution in [0, 0.1) is 5.82 Å². The van der Waals surface area contributed by atoms with Gasteiger partial charge in [-0.25, -0.2) is 4.39 Å². The minimum absolute atomic E-state index is 0.148. The van der Waals surface area contributed by atoms with Crippen molar-refractivity contribution in [2.75, 3.05) is 24.5 Å². The van der Waals surface area contributed by atoms with Crippen molar-refractivity contribution < 1.29 is 4.39 Å². The Hall–Kier alpha value is -1.87.